The largest absolute Gasteiger partial charge is 0.480 e. The Morgan fingerprint density at radius 1 is 0.645 bits per heavy atom. The summed E-state index contributed by atoms with van der Waals surface area (Å²) in [5.74, 6) is -6.38. The lowest BCUT2D eigenvalue weighted by atomic mass is 10.0. The zero-order chi connectivity index (χ0) is 45.8. The maximum absolute atomic E-state index is 14.3. The predicted molar refractivity (Wildman–Crippen MR) is 218 cm³/mol. The van der Waals surface area contributed by atoms with Crippen molar-refractivity contribution < 1.29 is 63.9 Å². The summed E-state index contributed by atoms with van der Waals surface area (Å²) in [5, 5.41) is 58.6. The lowest BCUT2D eigenvalue weighted by molar-refractivity contribution is -0.149. The van der Waals surface area contributed by atoms with Gasteiger partial charge in [0.15, 0.2) is 0 Å². The monoisotopic (exact) mass is 882 g/mol. The number of nitrogens with two attached hydrogens (primary N) is 3. The lowest BCUT2D eigenvalue weighted by Crippen LogP contribution is -2.61. The summed E-state index contributed by atoms with van der Waals surface area (Å²) in [4.78, 5) is 113. The Bertz CT molecular complexity index is 1620. The quantitative estimate of drug-likeness (QED) is 0.0479. The first kappa shape index (κ1) is 50.1. The number of aliphatic carboxylic acids is 1. The molecule has 4 rings (SSSR count). The van der Waals surface area contributed by atoms with Gasteiger partial charge in [-0.15, -0.1) is 0 Å². The predicted octanol–water partition coefficient (Wildman–Crippen LogP) is -5.61. The van der Waals surface area contributed by atoms with Crippen molar-refractivity contribution in [3.63, 3.8) is 0 Å². The minimum atomic E-state index is -1.58. The number of nitrogens with one attached hydrogen (secondary N) is 3. The van der Waals surface area contributed by atoms with E-state index in [0.29, 0.717) is 51.6 Å². The standard InChI is InChI=1S/C39H66N10O13/c1-21(51)31(38(60)46-14-6-10-27(46)32(54)44-26(39(61)62)9-3-5-13-41)45-34(56)30-17-23(53)19-49(30)37(59)28-11-7-15-47(28)36(58)25(8-2-4-12-40)43-33(55)29-16-22(52)18-48(29)35(57)24(42)20-50/h21-31,50-53H,2-20,40-42H2,1H3,(H,43,55)(H,44,54)(H,45,56)(H,61,62)/t21-,22-,23-,24+,25+,26+,27+,28+,29+,30+,31+/m1/s1. The van der Waals surface area contributed by atoms with Gasteiger partial charge in [0, 0.05) is 39.0 Å². The highest BCUT2D eigenvalue weighted by molar-refractivity contribution is 5.98. The van der Waals surface area contributed by atoms with Crippen LogP contribution in [0.3, 0.4) is 0 Å². The summed E-state index contributed by atoms with van der Waals surface area (Å²) in [6.07, 6.45) is -0.705. The molecule has 4 heterocycles. The summed E-state index contributed by atoms with van der Waals surface area (Å²) < 4.78 is 0. The minimum Gasteiger partial charge on any atom is -0.480 e. The van der Waals surface area contributed by atoms with Crippen molar-refractivity contribution in [1.29, 1.82) is 0 Å². The second kappa shape index (κ2) is 23.2. The molecule has 0 aliphatic carbocycles. The Labute approximate surface area is 360 Å². The number of β-amino-alcohol motifs (C(OH)–C–C–N with tert-alkyl or cyclic N) is 2. The number of unbranched alkanes of at least 4 members (excludes halogenated alkanes) is 2. The highest BCUT2D eigenvalue weighted by atomic mass is 16.4. The Kier molecular flexibility index (Phi) is 18.8. The van der Waals surface area contributed by atoms with E-state index in [1.807, 2.05) is 0 Å². The van der Waals surface area contributed by atoms with Gasteiger partial charge in [-0.1, -0.05) is 0 Å². The molecule has 0 aromatic rings. The van der Waals surface area contributed by atoms with Crippen molar-refractivity contribution >= 4 is 47.3 Å². The van der Waals surface area contributed by atoms with Crippen molar-refractivity contribution in [3.05, 3.63) is 0 Å². The number of carboxylic acid groups (broad SMARTS) is 1. The van der Waals surface area contributed by atoms with Crippen LogP contribution in [0.1, 0.15) is 84.0 Å². The number of likely N-dealkylation sites (tertiary alicyclic amines) is 4. The summed E-state index contributed by atoms with van der Waals surface area (Å²) in [6.45, 7) is 0.942. The first-order valence-electron chi connectivity index (χ1n) is 21.6. The number of carbonyl (C=O) groups is 8. The van der Waals surface area contributed by atoms with Crippen LogP contribution in [0.25, 0.3) is 0 Å². The van der Waals surface area contributed by atoms with Gasteiger partial charge in [-0.2, -0.15) is 0 Å². The van der Waals surface area contributed by atoms with E-state index < -0.39 is 121 Å². The van der Waals surface area contributed by atoms with Gasteiger partial charge in [-0.25, -0.2) is 4.79 Å². The van der Waals surface area contributed by atoms with Gasteiger partial charge >= 0.3 is 5.97 Å². The zero-order valence-corrected chi connectivity index (χ0v) is 35.3. The van der Waals surface area contributed by atoms with Gasteiger partial charge in [-0.3, -0.25) is 33.6 Å². The fourth-order valence-electron chi connectivity index (χ4n) is 8.74. The van der Waals surface area contributed by atoms with E-state index in [4.69, 9.17) is 17.2 Å². The molecule has 4 aliphatic rings. The van der Waals surface area contributed by atoms with Gasteiger partial charge in [0.25, 0.3) is 0 Å². The van der Waals surface area contributed by atoms with Crippen molar-refractivity contribution in [2.75, 3.05) is 45.9 Å². The molecule has 11 atom stereocenters. The highest BCUT2D eigenvalue weighted by Gasteiger charge is 2.48. The van der Waals surface area contributed by atoms with Crippen LogP contribution in [0.4, 0.5) is 0 Å². The van der Waals surface area contributed by atoms with Crippen LogP contribution in [0.5, 0.6) is 0 Å². The smallest absolute Gasteiger partial charge is 0.326 e. The summed E-state index contributed by atoms with van der Waals surface area (Å²) >= 11 is 0. The molecule has 4 aliphatic heterocycles. The number of hydrogen-bond donors (Lipinski definition) is 11. The number of aliphatic hydroxyl groups excluding tert-OH is 4. The van der Waals surface area contributed by atoms with Gasteiger partial charge < -0.3 is 78.3 Å². The Morgan fingerprint density at radius 2 is 1.13 bits per heavy atom. The SMILES string of the molecule is C[C@@H](O)[C@H](NC(=O)[C@@H]1C[C@@H](O)CN1C(=O)[C@@H]1CCCN1C(=O)[C@H](CCCCN)NC(=O)[C@@H]1C[C@@H](O)CN1C(=O)[C@@H](N)CO)C(=O)N1CCC[C@H]1C(=O)N[C@@H](CCCCN)C(=O)O. The van der Waals surface area contributed by atoms with E-state index in [1.165, 1.54) is 16.7 Å². The topological polar surface area (TPSA) is 365 Å². The molecule has 0 saturated carbocycles. The molecular weight excluding hydrogens is 816 g/mol. The van der Waals surface area contributed by atoms with E-state index in [9.17, 15) is 63.9 Å². The number of rotatable bonds is 21. The Hall–Kier alpha value is -4.52. The normalized spacial score (nSPS) is 26.1. The van der Waals surface area contributed by atoms with E-state index in [0.717, 1.165) is 9.80 Å². The molecule has 350 valence electrons. The second-order valence-electron chi connectivity index (χ2n) is 16.7. The number of hydrogen-bond acceptors (Lipinski definition) is 15. The molecule has 23 heteroatoms. The fraction of sp³-hybridized carbons (Fsp3) is 0.795. The van der Waals surface area contributed by atoms with Crippen molar-refractivity contribution in [2.45, 2.75) is 151 Å². The number of carbonyl (C=O) groups excluding carboxylic acids is 7. The van der Waals surface area contributed by atoms with Crippen molar-refractivity contribution in [3.8, 4) is 0 Å². The third-order valence-corrected chi connectivity index (χ3v) is 12.1. The Morgan fingerprint density at radius 3 is 1.68 bits per heavy atom. The summed E-state index contributed by atoms with van der Waals surface area (Å²) in [7, 11) is 0. The molecule has 4 saturated heterocycles. The number of aliphatic hydroxyl groups is 4. The first-order valence-corrected chi connectivity index (χ1v) is 21.6. The lowest BCUT2D eigenvalue weighted by Gasteiger charge is -2.34. The van der Waals surface area contributed by atoms with Crippen LogP contribution in [0.15, 0.2) is 0 Å². The first-order chi connectivity index (χ1) is 29.4. The number of amides is 7. The average molecular weight is 883 g/mol. The van der Waals surface area contributed by atoms with Crippen molar-refractivity contribution in [1.82, 2.24) is 35.6 Å². The molecule has 0 aromatic carbocycles. The van der Waals surface area contributed by atoms with Crippen molar-refractivity contribution in [2.24, 2.45) is 17.2 Å². The van der Waals surface area contributed by atoms with Crippen LogP contribution in [0.2, 0.25) is 0 Å². The van der Waals surface area contributed by atoms with E-state index in [-0.39, 0.29) is 64.7 Å². The van der Waals surface area contributed by atoms with E-state index >= 15 is 0 Å². The van der Waals surface area contributed by atoms with Gasteiger partial charge in [-0.05, 0) is 84.2 Å². The number of carboxylic acids is 1. The number of nitrogens with zero attached hydrogens (tertiary/aromatic N) is 4. The molecule has 14 N–H and O–H groups in total. The van der Waals surface area contributed by atoms with Crippen LogP contribution < -0.4 is 33.2 Å². The summed E-state index contributed by atoms with van der Waals surface area (Å²) in [6, 6.07) is -9.98. The zero-order valence-electron chi connectivity index (χ0n) is 35.3. The molecule has 0 radical (unpaired) electrons. The molecule has 23 nitrogen and oxygen atoms in total. The molecule has 7 amide bonds. The Balaban J connectivity index is 1.47. The molecule has 0 unspecified atom stereocenters. The van der Waals surface area contributed by atoms with Crippen LogP contribution in [-0.4, -0.2) is 205 Å². The third-order valence-electron chi connectivity index (χ3n) is 12.1. The molecule has 62 heavy (non-hydrogen) atoms. The van der Waals surface area contributed by atoms with Crippen LogP contribution >= 0.6 is 0 Å². The summed E-state index contributed by atoms with van der Waals surface area (Å²) in [5.41, 5.74) is 16.9. The van der Waals surface area contributed by atoms with E-state index in [1.54, 1.807) is 0 Å². The van der Waals surface area contributed by atoms with Gasteiger partial charge in [0.1, 0.15) is 48.3 Å². The van der Waals surface area contributed by atoms with Gasteiger partial charge in [0.05, 0.1) is 24.9 Å². The maximum atomic E-state index is 14.3. The molecule has 0 spiro atoms. The minimum absolute atomic E-state index is 0.0871. The van der Waals surface area contributed by atoms with Gasteiger partial charge in [0.2, 0.25) is 41.4 Å². The third kappa shape index (κ3) is 12.3. The van der Waals surface area contributed by atoms with Crippen LogP contribution in [0, 0.1) is 0 Å². The average Bonchev–Trinajstić information content (AvgIpc) is 4.07. The van der Waals surface area contributed by atoms with Crippen LogP contribution in [-0.2, 0) is 38.4 Å². The molecule has 0 bridgehead atoms. The fourth-order valence-corrected chi connectivity index (χ4v) is 8.74. The highest BCUT2D eigenvalue weighted by Crippen LogP contribution is 2.28. The molecule has 0 aromatic heterocycles. The van der Waals surface area contributed by atoms with E-state index in [2.05, 4.69) is 16.0 Å². The maximum Gasteiger partial charge on any atom is 0.326 e. The second-order valence-corrected chi connectivity index (χ2v) is 16.7. The molecule has 4 fully saturated rings. The molecular formula is C39H66N10O13.